The number of allylic oxidation sites excluding steroid dienone is 2. The number of hydrogen-bond donors (Lipinski definition) is 1. The van der Waals surface area contributed by atoms with E-state index in [0.29, 0.717) is 0 Å². The Kier molecular flexibility index (Phi) is 3.97. The Labute approximate surface area is 193 Å². The maximum Gasteiger partial charge on any atom is 0.252 e. The Bertz CT molecular complexity index is 1430. The van der Waals surface area contributed by atoms with Gasteiger partial charge in [-0.2, -0.15) is 0 Å². The van der Waals surface area contributed by atoms with Crippen LogP contribution in [0.2, 0.25) is 0 Å². The van der Waals surface area contributed by atoms with E-state index in [1.165, 1.54) is 39.2 Å². The molecule has 0 saturated heterocycles. The number of hydrogen-bond acceptors (Lipinski definition) is 4. The van der Waals surface area contributed by atoms with E-state index < -0.39 is 0 Å². The molecule has 0 amide bonds. The zero-order chi connectivity index (χ0) is 21.8. The summed E-state index contributed by atoms with van der Waals surface area (Å²) in [6.07, 6.45) is 8.26. The first-order valence-corrected chi connectivity index (χ1v) is 11.3. The second-order valence-electron chi connectivity index (χ2n) is 8.54. The van der Waals surface area contributed by atoms with Crippen LogP contribution < -0.4 is 26.0 Å². The van der Waals surface area contributed by atoms with Crippen molar-refractivity contribution >= 4 is 46.1 Å². The van der Waals surface area contributed by atoms with E-state index in [0.717, 1.165) is 17.9 Å². The molecule has 4 aromatic rings. The molecule has 3 aliphatic heterocycles. The summed E-state index contributed by atoms with van der Waals surface area (Å²) in [7, 11) is 0. The molecule has 0 aliphatic carbocycles. The first kappa shape index (κ1) is 18.3. The van der Waals surface area contributed by atoms with Crippen molar-refractivity contribution < 1.29 is 0 Å². The minimum atomic E-state index is 0.169. The summed E-state index contributed by atoms with van der Waals surface area (Å²) in [5.41, 5.74) is 11.2. The number of fused-ring (bicyclic) bond motifs is 3. The van der Waals surface area contributed by atoms with Crippen LogP contribution in [0.1, 0.15) is 0 Å². The number of nitrogens with zero attached hydrogens (tertiary/aromatic N) is 3. The van der Waals surface area contributed by atoms with Crippen LogP contribution in [0.25, 0.3) is 0 Å². The van der Waals surface area contributed by atoms with Gasteiger partial charge < -0.3 is 15.1 Å². The largest absolute Gasteiger partial charge is 0.385 e. The van der Waals surface area contributed by atoms with E-state index in [9.17, 15) is 0 Å². The van der Waals surface area contributed by atoms with Gasteiger partial charge in [0.2, 0.25) is 0 Å². The molecule has 1 aromatic heterocycles. The molecule has 0 fully saturated rings. The molecule has 1 N–H and O–H groups in total. The second kappa shape index (κ2) is 7.14. The number of para-hydroxylation sites is 2. The van der Waals surface area contributed by atoms with Crippen LogP contribution in [0.3, 0.4) is 0 Å². The summed E-state index contributed by atoms with van der Waals surface area (Å²) in [6, 6.07) is 30.2. The quantitative estimate of drug-likeness (QED) is 0.479. The normalized spacial score (nSPS) is 15.6. The van der Waals surface area contributed by atoms with Crippen molar-refractivity contribution in [3.63, 3.8) is 0 Å². The number of rotatable bonds is 2. The standard InChI is InChI=1S/C28H21BN4/c1-3-8-20(9-4-1)32-24-12-7-13-25-28(24)29(22-14-16-30-18-26(22)32)23-15-17-31-19-27(23)33(25)21-10-5-2-6-11-21/h1-18,31H,19H2. The molecule has 3 aromatic carbocycles. The van der Waals surface area contributed by atoms with Crippen molar-refractivity contribution in [2.24, 2.45) is 0 Å². The fourth-order valence-electron chi connectivity index (χ4n) is 5.51. The van der Waals surface area contributed by atoms with E-state index in [2.05, 4.69) is 117 Å². The molecule has 4 nitrogen and oxygen atoms in total. The van der Waals surface area contributed by atoms with E-state index in [1.807, 2.05) is 12.4 Å². The van der Waals surface area contributed by atoms with Gasteiger partial charge in [-0.05, 0) is 71.1 Å². The maximum absolute atomic E-state index is 4.52. The molecule has 0 bridgehead atoms. The van der Waals surface area contributed by atoms with Crippen LogP contribution in [0.4, 0.5) is 28.4 Å². The van der Waals surface area contributed by atoms with E-state index in [-0.39, 0.29) is 6.71 Å². The molecule has 33 heavy (non-hydrogen) atoms. The van der Waals surface area contributed by atoms with Gasteiger partial charge in [-0.25, -0.2) is 0 Å². The summed E-state index contributed by atoms with van der Waals surface area (Å²) >= 11 is 0. The number of benzene rings is 3. The number of pyridine rings is 1. The summed E-state index contributed by atoms with van der Waals surface area (Å²) in [4.78, 5) is 9.31. The Morgan fingerprint density at radius 3 is 2.18 bits per heavy atom. The average molecular weight is 424 g/mol. The van der Waals surface area contributed by atoms with Crippen LogP contribution >= 0.6 is 0 Å². The molecule has 0 radical (unpaired) electrons. The summed E-state index contributed by atoms with van der Waals surface area (Å²) < 4.78 is 0. The number of anilines is 5. The van der Waals surface area contributed by atoms with Crippen molar-refractivity contribution in [1.82, 2.24) is 10.3 Å². The van der Waals surface area contributed by atoms with Gasteiger partial charge in [0.25, 0.3) is 6.71 Å². The Balaban J connectivity index is 1.57. The van der Waals surface area contributed by atoms with E-state index >= 15 is 0 Å². The van der Waals surface area contributed by atoms with Gasteiger partial charge in [0, 0.05) is 34.6 Å². The molecule has 7 rings (SSSR count). The minimum absolute atomic E-state index is 0.169. The predicted molar refractivity (Wildman–Crippen MR) is 137 cm³/mol. The Morgan fingerprint density at radius 2 is 1.42 bits per heavy atom. The smallest absolute Gasteiger partial charge is 0.252 e. The lowest BCUT2D eigenvalue weighted by Crippen LogP contribution is -2.57. The van der Waals surface area contributed by atoms with E-state index in [4.69, 9.17) is 0 Å². The average Bonchev–Trinajstić information content (AvgIpc) is 2.89. The van der Waals surface area contributed by atoms with Gasteiger partial charge in [0.05, 0.1) is 18.4 Å². The lowest BCUT2D eigenvalue weighted by atomic mass is 9.33. The topological polar surface area (TPSA) is 31.4 Å². The van der Waals surface area contributed by atoms with Gasteiger partial charge in [-0.15, -0.1) is 0 Å². The van der Waals surface area contributed by atoms with Gasteiger partial charge in [-0.1, -0.05) is 42.5 Å². The second-order valence-corrected chi connectivity index (χ2v) is 8.54. The first-order chi connectivity index (χ1) is 16.4. The van der Waals surface area contributed by atoms with Gasteiger partial charge in [0.15, 0.2) is 0 Å². The van der Waals surface area contributed by atoms with Crippen molar-refractivity contribution in [3.8, 4) is 0 Å². The predicted octanol–water partition coefficient (Wildman–Crippen LogP) is 4.54. The third-order valence-electron chi connectivity index (χ3n) is 6.81. The van der Waals surface area contributed by atoms with Gasteiger partial charge in [-0.3, -0.25) is 4.98 Å². The fourth-order valence-corrected chi connectivity index (χ4v) is 5.51. The monoisotopic (exact) mass is 424 g/mol. The highest BCUT2D eigenvalue weighted by Crippen LogP contribution is 2.43. The molecule has 5 heteroatoms. The van der Waals surface area contributed by atoms with Crippen LogP contribution in [-0.4, -0.2) is 18.2 Å². The maximum atomic E-state index is 4.52. The number of aromatic nitrogens is 1. The van der Waals surface area contributed by atoms with Crippen LogP contribution in [0, 0.1) is 0 Å². The SMILES string of the molecule is C1=CC2=C(CN1)N(c1ccccc1)c1cccc3c1B2c1ccncc1N3c1ccccc1. The third kappa shape index (κ3) is 2.62. The van der Waals surface area contributed by atoms with Crippen LogP contribution in [0.5, 0.6) is 0 Å². The lowest BCUT2D eigenvalue weighted by Gasteiger charge is -2.45. The molecular formula is C28H21BN4. The lowest BCUT2D eigenvalue weighted by molar-refractivity contribution is 0.882. The highest BCUT2D eigenvalue weighted by molar-refractivity contribution is 6.95. The molecule has 0 unspecified atom stereocenters. The summed E-state index contributed by atoms with van der Waals surface area (Å²) in [5.74, 6) is 0. The third-order valence-corrected chi connectivity index (χ3v) is 6.81. The van der Waals surface area contributed by atoms with Crippen LogP contribution in [0.15, 0.2) is 121 Å². The number of dihydropyridines is 1. The summed E-state index contributed by atoms with van der Waals surface area (Å²) in [6.45, 7) is 0.964. The Hall–Kier alpha value is -4.25. The molecule has 0 atom stereocenters. The molecule has 3 aliphatic rings. The fraction of sp³-hybridized carbons (Fsp3) is 0.0357. The van der Waals surface area contributed by atoms with Crippen molar-refractivity contribution in [3.05, 3.63) is 121 Å². The molecule has 0 spiro atoms. The summed E-state index contributed by atoms with van der Waals surface area (Å²) in [5, 5.41) is 3.45. The van der Waals surface area contributed by atoms with Crippen molar-refractivity contribution in [1.29, 1.82) is 0 Å². The van der Waals surface area contributed by atoms with Crippen molar-refractivity contribution in [2.75, 3.05) is 16.3 Å². The Morgan fingerprint density at radius 1 is 0.727 bits per heavy atom. The molecule has 4 heterocycles. The van der Waals surface area contributed by atoms with Gasteiger partial charge in [0.1, 0.15) is 0 Å². The van der Waals surface area contributed by atoms with E-state index in [1.54, 1.807) is 0 Å². The zero-order valence-electron chi connectivity index (χ0n) is 18.0. The van der Waals surface area contributed by atoms with Gasteiger partial charge >= 0.3 is 0 Å². The molecule has 156 valence electrons. The highest BCUT2D eigenvalue weighted by Gasteiger charge is 2.43. The zero-order valence-corrected chi connectivity index (χ0v) is 18.0. The highest BCUT2D eigenvalue weighted by atomic mass is 15.2. The van der Waals surface area contributed by atoms with Crippen LogP contribution in [-0.2, 0) is 0 Å². The minimum Gasteiger partial charge on any atom is -0.385 e. The molecular weight excluding hydrogens is 403 g/mol. The first-order valence-electron chi connectivity index (χ1n) is 11.3. The number of nitrogens with one attached hydrogen (secondary N) is 1. The van der Waals surface area contributed by atoms with Crippen molar-refractivity contribution in [2.45, 2.75) is 0 Å². The molecule has 0 saturated carbocycles.